The molecule has 0 spiro atoms. The van der Waals surface area contributed by atoms with Crippen LogP contribution < -0.4 is 11.1 Å². The van der Waals surface area contributed by atoms with Crippen molar-refractivity contribution >= 4 is 29.8 Å². The molecule has 0 saturated carbocycles. The Morgan fingerprint density at radius 1 is 0.720 bits per heavy atom. The number of carbonyl (C=O) groups is 5. The maximum absolute atomic E-state index is 12.0. The van der Waals surface area contributed by atoms with Gasteiger partial charge in [-0.25, -0.2) is 19.2 Å². The molecule has 0 bridgehead atoms. The molecule has 4 atom stereocenters. The van der Waals surface area contributed by atoms with Crippen LogP contribution in [0, 0.1) is 0 Å². The van der Waals surface area contributed by atoms with Crippen LogP contribution in [0.25, 0.3) is 0 Å². The van der Waals surface area contributed by atoms with E-state index in [2.05, 4.69) is 24.4 Å². The van der Waals surface area contributed by atoms with Crippen LogP contribution >= 0.6 is 0 Å². The van der Waals surface area contributed by atoms with Gasteiger partial charge >= 0.3 is 23.9 Å². The molecular weight excluding hydrogens is 648 g/mol. The van der Waals surface area contributed by atoms with Crippen LogP contribution in [-0.4, -0.2) is 75.0 Å². The third-order valence-electron chi connectivity index (χ3n) is 7.29. The van der Waals surface area contributed by atoms with Crippen LogP contribution in [0.15, 0.2) is 109 Å². The van der Waals surface area contributed by atoms with Crippen molar-refractivity contribution in [3.05, 3.63) is 137 Å². The number of amides is 1. The van der Waals surface area contributed by atoms with Crippen molar-refractivity contribution in [1.29, 1.82) is 0 Å². The third-order valence-corrected chi connectivity index (χ3v) is 7.29. The molecule has 4 rings (SSSR count). The van der Waals surface area contributed by atoms with Gasteiger partial charge in [0.05, 0.1) is 22.8 Å². The number of benzene rings is 4. The van der Waals surface area contributed by atoms with E-state index in [1.807, 2.05) is 18.2 Å². The summed E-state index contributed by atoms with van der Waals surface area (Å²) >= 11 is 0. The minimum absolute atomic E-state index is 0.0173. The van der Waals surface area contributed by atoms with Gasteiger partial charge in [0, 0.05) is 12.6 Å². The van der Waals surface area contributed by atoms with Crippen LogP contribution in [0.3, 0.4) is 0 Å². The second-order valence-electron chi connectivity index (χ2n) is 11.1. The largest absolute Gasteiger partial charge is 0.507 e. The number of ether oxygens (including phenoxy) is 2. The standard InChI is InChI=1S/C19H24N2O3.C18H14O8/c1-13(7-8-14-5-3-2-4-6-14)21-12-18(23)15-9-10-17(22)16(11-15)19(20)24;19-15(20)13(25-17(23)11-7-3-1-4-8-11)14(16(21)22)26-18(24)12-9-5-2-6-10-12/h2-6,9-11,13,18,21-23H,7-8,12H2,1H3,(H2,20,24);1-10,13-14H,(H,19,20)(H,21,22)/t13-,18+;/m1./s1. The minimum Gasteiger partial charge on any atom is -0.507 e. The van der Waals surface area contributed by atoms with Gasteiger partial charge in [0.15, 0.2) is 0 Å². The first-order valence-corrected chi connectivity index (χ1v) is 15.4. The first-order valence-electron chi connectivity index (χ1n) is 15.4. The fourth-order valence-corrected chi connectivity index (χ4v) is 4.52. The van der Waals surface area contributed by atoms with E-state index in [0.29, 0.717) is 12.1 Å². The van der Waals surface area contributed by atoms with Gasteiger partial charge in [0.1, 0.15) is 5.75 Å². The number of rotatable bonds is 15. The van der Waals surface area contributed by atoms with Crippen LogP contribution in [-0.2, 0) is 25.5 Å². The number of nitrogens with two attached hydrogens (primary N) is 1. The summed E-state index contributed by atoms with van der Waals surface area (Å²) in [5.41, 5.74) is 7.11. The van der Waals surface area contributed by atoms with E-state index in [1.165, 1.54) is 66.2 Å². The fourth-order valence-electron chi connectivity index (χ4n) is 4.52. The smallest absolute Gasteiger partial charge is 0.349 e. The average Bonchev–Trinajstić information content (AvgIpc) is 3.12. The maximum Gasteiger partial charge on any atom is 0.349 e. The lowest BCUT2D eigenvalue weighted by molar-refractivity contribution is -0.166. The van der Waals surface area contributed by atoms with Crippen molar-refractivity contribution in [2.24, 2.45) is 5.73 Å². The number of phenols is 1. The van der Waals surface area contributed by atoms with Gasteiger partial charge in [0.2, 0.25) is 12.2 Å². The van der Waals surface area contributed by atoms with E-state index >= 15 is 0 Å². The molecule has 0 fully saturated rings. The predicted octanol–water partition coefficient (Wildman–Crippen LogP) is 3.74. The number of primary amides is 1. The van der Waals surface area contributed by atoms with Crippen LogP contribution in [0.4, 0.5) is 0 Å². The average molecular weight is 687 g/mol. The van der Waals surface area contributed by atoms with E-state index < -0.39 is 48.1 Å². The highest BCUT2D eigenvalue weighted by Gasteiger charge is 2.41. The van der Waals surface area contributed by atoms with Gasteiger partial charge in [-0.3, -0.25) is 4.79 Å². The van der Waals surface area contributed by atoms with Crippen molar-refractivity contribution in [1.82, 2.24) is 5.32 Å². The van der Waals surface area contributed by atoms with Gasteiger partial charge in [-0.1, -0.05) is 72.8 Å². The molecule has 13 heteroatoms. The van der Waals surface area contributed by atoms with Gasteiger partial charge < -0.3 is 41.0 Å². The Kier molecular flexibility index (Phi) is 14.6. The molecule has 2 unspecified atom stereocenters. The summed E-state index contributed by atoms with van der Waals surface area (Å²) in [6, 6.07) is 29.7. The normalized spacial score (nSPS) is 12.9. The summed E-state index contributed by atoms with van der Waals surface area (Å²) in [4.78, 5) is 58.1. The molecule has 262 valence electrons. The second kappa shape index (κ2) is 19.1. The molecule has 0 heterocycles. The Bertz CT molecular complexity index is 1670. The Hall–Kier alpha value is -6.05. The van der Waals surface area contributed by atoms with Gasteiger partial charge in [0.25, 0.3) is 5.91 Å². The van der Waals surface area contributed by atoms with E-state index in [4.69, 9.17) is 15.2 Å². The van der Waals surface area contributed by atoms with Crippen molar-refractivity contribution in [2.45, 2.75) is 44.1 Å². The highest BCUT2D eigenvalue weighted by molar-refractivity contribution is 5.96. The zero-order valence-corrected chi connectivity index (χ0v) is 27.0. The predicted molar refractivity (Wildman–Crippen MR) is 180 cm³/mol. The number of aliphatic hydroxyl groups is 1. The highest BCUT2D eigenvalue weighted by Crippen LogP contribution is 2.22. The number of carboxylic acid groups (broad SMARTS) is 2. The van der Waals surface area contributed by atoms with Crippen LogP contribution in [0.1, 0.15) is 61.6 Å². The Morgan fingerprint density at radius 2 is 1.18 bits per heavy atom. The molecule has 0 radical (unpaired) electrons. The summed E-state index contributed by atoms with van der Waals surface area (Å²) in [6.07, 6.45) is -3.28. The molecule has 0 aliphatic heterocycles. The SMILES string of the molecule is C[C@H](CCc1ccccc1)NC[C@H](O)c1ccc(O)c(C(N)=O)c1.O=C(OC(C(=O)O)C(OC(=O)c1ccccc1)C(=O)O)c1ccccc1. The molecule has 1 amide bonds. The maximum atomic E-state index is 12.0. The molecule has 0 saturated heterocycles. The summed E-state index contributed by atoms with van der Waals surface area (Å²) in [7, 11) is 0. The van der Waals surface area contributed by atoms with Crippen molar-refractivity contribution in [2.75, 3.05) is 6.54 Å². The first kappa shape index (κ1) is 38.4. The van der Waals surface area contributed by atoms with Crippen molar-refractivity contribution in [3.8, 4) is 5.75 Å². The second-order valence-corrected chi connectivity index (χ2v) is 11.1. The molecule has 4 aromatic carbocycles. The number of nitrogens with one attached hydrogen (secondary N) is 1. The Balaban J connectivity index is 0.000000271. The van der Waals surface area contributed by atoms with E-state index in [0.717, 1.165) is 12.8 Å². The van der Waals surface area contributed by atoms with E-state index in [1.54, 1.807) is 18.2 Å². The van der Waals surface area contributed by atoms with Crippen LogP contribution in [0.2, 0.25) is 0 Å². The molecule has 0 aromatic heterocycles. The van der Waals surface area contributed by atoms with Gasteiger partial charge in [-0.15, -0.1) is 0 Å². The molecule has 50 heavy (non-hydrogen) atoms. The van der Waals surface area contributed by atoms with Crippen molar-refractivity contribution in [3.63, 3.8) is 0 Å². The summed E-state index contributed by atoms with van der Waals surface area (Å²) in [6.45, 7) is 2.43. The van der Waals surface area contributed by atoms with Crippen molar-refractivity contribution < 1.29 is 53.9 Å². The lowest BCUT2D eigenvalue weighted by atomic mass is 10.0. The van der Waals surface area contributed by atoms with Crippen LogP contribution in [0.5, 0.6) is 5.75 Å². The molecule has 4 aromatic rings. The number of aliphatic hydroxyl groups excluding tert-OH is 1. The molecule has 13 nitrogen and oxygen atoms in total. The summed E-state index contributed by atoms with van der Waals surface area (Å²) in [5.74, 6) is -6.53. The highest BCUT2D eigenvalue weighted by atomic mass is 16.6. The summed E-state index contributed by atoms with van der Waals surface area (Å²) < 4.78 is 9.52. The minimum atomic E-state index is -2.21. The molecule has 7 N–H and O–H groups in total. The van der Waals surface area contributed by atoms with E-state index in [9.17, 15) is 44.4 Å². The zero-order chi connectivity index (χ0) is 36.6. The number of hydrogen-bond acceptors (Lipinski definition) is 10. The summed E-state index contributed by atoms with van der Waals surface area (Å²) in [5, 5.41) is 41.6. The number of hydrogen-bond donors (Lipinski definition) is 6. The Labute approximate surface area is 287 Å². The number of carboxylic acids is 2. The molecule has 0 aliphatic rings. The number of aryl methyl sites for hydroxylation is 1. The van der Waals surface area contributed by atoms with E-state index in [-0.39, 0.29) is 28.5 Å². The lowest BCUT2D eigenvalue weighted by Crippen LogP contribution is -2.45. The molecular formula is C37H38N2O11. The Morgan fingerprint density at radius 3 is 1.62 bits per heavy atom. The lowest BCUT2D eigenvalue weighted by Gasteiger charge is -2.21. The number of aliphatic carboxylic acids is 2. The number of aromatic hydroxyl groups is 1. The van der Waals surface area contributed by atoms with Gasteiger partial charge in [-0.05, 0) is 67.3 Å². The van der Waals surface area contributed by atoms with Gasteiger partial charge in [-0.2, -0.15) is 0 Å². The molecule has 0 aliphatic carbocycles. The fraction of sp³-hybridized carbons (Fsp3) is 0.216. The zero-order valence-electron chi connectivity index (χ0n) is 27.0. The third kappa shape index (κ3) is 11.9. The topological polar surface area (TPSA) is 223 Å². The number of carbonyl (C=O) groups excluding carboxylic acids is 3. The number of esters is 2. The first-order chi connectivity index (χ1) is 23.9. The quantitative estimate of drug-likeness (QED) is 0.0985. The monoisotopic (exact) mass is 686 g/mol.